The fourth-order valence-corrected chi connectivity index (χ4v) is 5.04. The highest BCUT2D eigenvalue weighted by Crippen LogP contribution is 2.38. The third-order valence-corrected chi connectivity index (χ3v) is 7.57. The van der Waals surface area contributed by atoms with Crippen LogP contribution in [0.5, 0.6) is 11.5 Å². The topological polar surface area (TPSA) is 71.7 Å². The van der Waals surface area contributed by atoms with E-state index in [4.69, 9.17) is 32.7 Å². The van der Waals surface area contributed by atoms with Gasteiger partial charge >= 0.3 is 12.6 Å². The molecule has 0 saturated heterocycles. The van der Waals surface area contributed by atoms with E-state index in [0.717, 1.165) is 35.7 Å². The van der Waals surface area contributed by atoms with E-state index in [1.165, 1.54) is 29.5 Å². The maximum Gasteiger partial charge on any atom is 0.387 e. The first-order valence-corrected chi connectivity index (χ1v) is 12.7. The number of nitrogens with zero attached hydrogens (tertiary/aromatic N) is 1. The van der Waals surface area contributed by atoms with Gasteiger partial charge in [-0.1, -0.05) is 29.3 Å². The number of rotatable bonds is 10. The zero-order valence-electron chi connectivity index (χ0n) is 19.4. The van der Waals surface area contributed by atoms with Crippen molar-refractivity contribution in [2.45, 2.75) is 45.8 Å². The van der Waals surface area contributed by atoms with Crippen LogP contribution in [0.2, 0.25) is 10.0 Å². The molecule has 1 saturated carbocycles. The molecule has 2 aromatic heterocycles. The van der Waals surface area contributed by atoms with E-state index in [1.54, 1.807) is 6.07 Å². The standard InChI is InChI=1S/C25H23Cl2F2NO5S/c1-13-7-23(36-14(13)2)24(31)34-21(9-17-18(26)10-30(32)11-19(17)27)16-5-6-20(35-25(28)29)22(8-16)33-12-15-3-4-15/h5-8,10-11,15,21,25H,3-4,9,12H2,1-2H3/t21-/m0/s1. The maximum atomic E-state index is 13.0. The van der Waals surface area contributed by atoms with Crippen molar-refractivity contribution < 1.29 is 32.5 Å². The van der Waals surface area contributed by atoms with Gasteiger partial charge in [0, 0.05) is 16.9 Å². The number of aromatic nitrogens is 1. The number of thiophene rings is 1. The average molecular weight is 558 g/mol. The number of esters is 1. The van der Waals surface area contributed by atoms with Crippen LogP contribution in [-0.4, -0.2) is 19.2 Å². The van der Waals surface area contributed by atoms with Crippen molar-refractivity contribution in [3.8, 4) is 11.5 Å². The van der Waals surface area contributed by atoms with Crippen LogP contribution in [0.1, 0.15) is 50.2 Å². The maximum absolute atomic E-state index is 13.0. The van der Waals surface area contributed by atoms with Gasteiger partial charge in [-0.05, 0) is 61.9 Å². The molecule has 1 aliphatic rings. The first kappa shape index (κ1) is 26.4. The summed E-state index contributed by atoms with van der Waals surface area (Å²) in [6.07, 6.45) is 3.44. The Hall–Kier alpha value is -2.62. The van der Waals surface area contributed by atoms with Crippen LogP contribution >= 0.6 is 34.5 Å². The molecule has 2 heterocycles. The summed E-state index contributed by atoms with van der Waals surface area (Å²) in [5, 5.41) is 11.9. The van der Waals surface area contributed by atoms with Crippen molar-refractivity contribution in [2.75, 3.05) is 6.61 Å². The normalized spacial score (nSPS) is 14.1. The van der Waals surface area contributed by atoms with Gasteiger partial charge < -0.3 is 19.4 Å². The molecule has 36 heavy (non-hydrogen) atoms. The Kier molecular flexibility index (Phi) is 8.22. The Balaban J connectivity index is 1.69. The number of carbonyl (C=O) groups is 1. The van der Waals surface area contributed by atoms with Crippen molar-refractivity contribution in [1.29, 1.82) is 0 Å². The number of hydrogen-bond acceptors (Lipinski definition) is 6. The van der Waals surface area contributed by atoms with Crippen LogP contribution in [0, 0.1) is 25.0 Å². The van der Waals surface area contributed by atoms with Crippen LogP contribution < -0.4 is 14.2 Å². The Morgan fingerprint density at radius 1 is 1.17 bits per heavy atom. The number of hydrogen-bond donors (Lipinski definition) is 0. The summed E-state index contributed by atoms with van der Waals surface area (Å²) >= 11 is 13.9. The van der Waals surface area contributed by atoms with Gasteiger partial charge in [0.05, 0.1) is 6.61 Å². The van der Waals surface area contributed by atoms with Gasteiger partial charge in [-0.15, -0.1) is 11.3 Å². The SMILES string of the molecule is Cc1cc(C(=O)O[C@@H](Cc2c(Cl)c[n+]([O-])cc2Cl)c2ccc(OC(F)F)c(OCC3CC3)c2)sc1C. The number of pyridine rings is 1. The summed E-state index contributed by atoms with van der Waals surface area (Å²) in [5.41, 5.74) is 1.82. The number of halogens is 4. The fourth-order valence-electron chi connectivity index (χ4n) is 3.52. The number of carbonyl (C=O) groups excluding carboxylic acids is 1. The molecule has 1 fully saturated rings. The number of ether oxygens (including phenoxy) is 3. The molecular formula is C25H23Cl2F2NO5S. The minimum atomic E-state index is -3.03. The highest BCUT2D eigenvalue weighted by molar-refractivity contribution is 7.14. The summed E-state index contributed by atoms with van der Waals surface area (Å²) in [6, 6.07) is 6.13. The lowest BCUT2D eigenvalue weighted by Crippen LogP contribution is -2.25. The second-order valence-electron chi connectivity index (χ2n) is 8.58. The molecule has 3 aromatic rings. The van der Waals surface area contributed by atoms with Gasteiger partial charge in [0.2, 0.25) is 0 Å². The zero-order valence-corrected chi connectivity index (χ0v) is 21.8. The lowest BCUT2D eigenvalue weighted by molar-refractivity contribution is -0.605. The van der Waals surface area contributed by atoms with Crippen LogP contribution in [0.4, 0.5) is 8.78 Å². The number of alkyl halides is 2. The molecule has 11 heteroatoms. The molecule has 0 radical (unpaired) electrons. The second kappa shape index (κ2) is 11.2. The summed E-state index contributed by atoms with van der Waals surface area (Å²) < 4.78 is 42.7. The molecule has 0 amide bonds. The van der Waals surface area contributed by atoms with E-state index in [1.807, 2.05) is 13.8 Å². The average Bonchev–Trinajstić information content (AvgIpc) is 3.57. The Labute approximate surface area is 220 Å². The van der Waals surface area contributed by atoms with Gasteiger partial charge in [0.25, 0.3) is 0 Å². The molecule has 1 aromatic carbocycles. The minimum Gasteiger partial charge on any atom is -0.619 e. The van der Waals surface area contributed by atoms with E-state index >= 15 is 0 Å². The monoisotopic (exact) mass is 557 g/mol. The van der Waals surface area contributed by atoms with Crippen molar-refractivity contribution >= 4 is 40.5 Å². The lowest BCUT2D eigenvalue weighted by Gasteiger charge is -2.21. The first-order valence-electron chi connectivity index (χ1n) is 11.2. The lowest BCUT2D eigenvalue weighted by atomic mass is 10.0. The summed E-state index contributed by atoms with van der Waals surface area (Å²) in [5.74, 6) is -0.192. The van der Waals surface area contributed by atoms with Crippen LogP contribution in [0.15, 0.2) is 36.7 Å². The number of aryl methyl sites for hydroxylation is 2. The quantitative estimate of drug-likeness (QED) is 0.155. The van der Waals surface area contributed by atoms with Crippen LogP contribution in [0.25, 0.3) is 0 Å². The largest absolute Gasteiger partial charge is 0.619 e. The van der Waals surface area contributed by atoms with E-state index in [-0.39, 0.29) is 28.0 Å². The smallest absolute Gasteiger partial charge is 0.387 e. The van der Waals surface area contributed by atoms with Crippen molar-refractivity contribution in [3.05, 3.63) is 78.4 Å². The molecule has 192 valence electrons. The highest BCUT2D eigenvalue weighted by Gasteiger charge is 2.27. The third kappa shape index (κ3) is 6.57. The van der Waals surface area contributed by atoms with E-state index in [9.17, 15) is 18.8 Å². The summed E-state index contributed by atoms with van der Waals surface area (Å²) in [6.45, 7) is 1.13. The first-order chi connectivity index (χ1) is 17.1. The van der Waals surface area contributed by atoms with Crippen molar-refractivity contribution in [1.82, 2.24) is 0 Å². The Morgan fingerprint density at radius 2 is 1.86 bits per heavy atom. The fraction of sp³-hybridized carbons (Fsp3) is 0.360. The Morgan fingerprint density at radius 3 is 2.44 bits per heavy atom. The van der Waals surface area contributed by atoms with E-state index < -0.39 is 18.7 Å². The Bertz CT molecular complexity index is 1220. The molecule has 4 rings (SSSR count). The highest BCUT2D eigenvalue weighted by atomic mass is 35.5. The number of benzene rings is 1. The molecule has 0 spiro atoms. The van der Waals surface area contributed by atoms with Crippen LogP contribution in [-0.2, 0) is 11.2 Å². The second-order valence-corrected chi connectivity index (χ2v) is 10.7. The molecule has 1 aliphatic carbocycles. The van der Waals surface area contributed by atoms with Gasteiger partial charge in [-0.3, -0.25) is 0 Å². The van der Waals surface area contributed by atoms with Crippen molar-refractivity contribution in [3.63, 3.8) is 0 Å². The summed E-state index contributed by atoms with van der Waals surface area (Å²) in [7, 11) is 0. The minimum absolute atomic E-state index is 0.0324. The van der Waals surface area contributed by atoms with Gasteiger partial charge in [0.1, 0.15) is 21.0 Å². The predicted octanol–water partition coefficient (Wildman–Crippen LogP) is 6.84. The van der Waals surface area contributed by atoms with Gasteiger partial charge in [-0.2, -0.15) is 13.5 Å². The molecule has 0 unspecified atom stereocenters. The van der Waals surface area contributed by atoms with Gasteiger partial charge in [-0.25, -0.2) is 4.79 Å². The molecular weight excluding hydrogens is 535 g/mol. The van der Waals surface area contributed by atoms with E-state index in [2.05, 4.69) is 4.74 Å². The molecule has 6 nitrogen and oxygen atoms in total. The predicted molar refractivity (Wildman–Crippen MR) is 132 cm³/mol. The summed E-state index contributed by atoms with van der Waals surface area (Å²) in [4.78, 5) is 14.4. The van der Waals surface area contributed by atoms with E-state index in [0.29, 0.717) is 33.3 Å². The molecule has 1 atom stereocenters. The molecule has 0 aliphatic heterocycles. The van der Waals surface area contributed by atoms with Crippen molar-refractivity contribution in [2.24, 2.45) is 5.92 Å². The molecule has 0 bridgehead atoms. The zero-order chi connectivity index (χ0) is 26.0. The third-order valence-electron chi connectivity index (χ3n) is 5.79. The van der Waals surface area contributed by atoms with Gasteiger partial charge in [0.15, 0.2) is 23.9 Å². The van der Waals surface area contributed by atoms with Crippen LogP contribution in [0.3, 0.4) is 0 Å². The molecule has 0 N–H and O–H groups in total.